The van der Waals surface area contributed by atoms with Gasteiger partial charge >= 0.3 is 12.4 Å². The van der Waals surface area contributed by atoms with E-state index in [9.17, 15) is 48.0 Å². The van der Waals surface area contributed by atoms with E-state index < -0.39 is 103 Å². The monoisotopic (exact) mass is 1180 g/mol. The molecule has 0 spiro atoms. The van der Waals surface area contributed by atoms with Crippen molar-refractivity contribution in [3.63, 3.8) is 0 Å². The number of fused-ring (bicyclic) bond motifs is 4. The van der Waals surface area contributed by atoms with E-state index in [2.05, 4.69) is 32.1 Å². The first kappa shape index (κ1) is 48.1. The van der Waals surface area contributed by atoms with Crippen molar-refractivity contribution in [2.75, 3.05) is 17.2 Å². The normalized spacial score (nSPS) is 17.7. The molecule has 0 radical (unpaired) electrons. The summed E-state index contributed by atoms with van der Waals surface area (Å²) in [5.74, 6) is -2.51. The summed E-state index contributed by atoms with van der Waals surface area (Å²) in [4.78, 5) is 18.8. The van der Waals surface area contributed by atoms with Crippen LogP contribution in [-0.4, -0.2) is 70.7 Å². The van der Waals surface area contributed by atoms with E-state index in [0.717, 1.165) is 19.7 Å². The quantitative estimate of drug-likeness (QED) is 0.0757. The van der Waals surface area contributed by atoms with Gasteiger partial charge in [0.15, 0.2) is 21.3 Å². The van der Waals surface area contributed by atoms with Gasteiger partial charge in [0, 0.05) is 36.0 Å². The minimum atomic E-state index is -5.12. The predicted molar refractivity (Wildman–Crippen MR) is 237 cm³/mol. The molecule has 64 heavy (non-hydrogen) atoms. The average molecular weight is 1180 g/mol. The lowest BCUT2D eigenvalue weighted by Gasteiger charge is -2.23. The Morgan fingerprint density at radius 1 is 0.969 bits per heavy atom. The van der Waals surface area contributed by atoms with Crippen LogP contribution >= 0.6 is 56.8 Å². The van der Waals surface area contributed by atoms with Gasteiger partial charge in [-0.15, -0.1) is 0 Å². The molecular weight excluding hydrogens is 1150 g/mol. The van der Waals surface area contributed by atoms with Crippen molar-refractivity contribution in [2.45, 2.75) is 74.8 Å². The van der Waals surface area contributed by atoms with E-state index in [-0.39, 0.29) is 51.3 Å². The van der Waals surface area contributed by atoms with E-state index >= 15 is 8.78 Å². The number of pyridine rings is 1. The fourth-order valence-corrected chi connectivity index (χ4v) is 10.6. The average Bonchev–Trinajstić information content (AvgIpc) is 3.66. The summed E-state index contributed by atoms with van der Waals surface area (Å²) in [6, 6.07) is 9.13. The topological polar surface area (TPSA) is 158 Å². The number of alkyl halides is 8. The summed E-state index contributed by atoms with van der Waals surface area (Å²) >= 11 is 10.6. The Morgan fingerprint density at radius 3 is 2.20 bits per heavy atom. The lowest BCUT2D eigenvalue weighted by atomic mass is 9.93. The van der Waals surface area contributed by atoms with Gasteiger partial charge in [-0.25, -0.2) is 21.8 Å². The standard InChI is InChI=1S/C39H32ClF8I2N7O5S2/c1-36(2,63(3,59)60)10-9-21-5-6-22(23-7-8-26(40)30-32(23)57(17-37(41,42)43)54-35(30)55-64(4,61)62)31(51-21)27(13-18-11-19(49)14-20(50)12-18)52-28(58)16-56-34-29(33(53-56)39(46,47)48)24-15-25(24)38(34,44)45/h5-8,11-12,14,24-25,27H,13,15-17H2,1-4H3,(H,52,58)(H,54,55)/t24-,25+,27-/m0/s1. The number of nitrogens with zero attached hydrogens (tertiary/aromatic N) is 5. The molecule has 0 aliphatic heterocycles. The zero-order valence-corrected chi connectivity index (χ0v) is 40.1. The second kappa shape index (κ2) is 16.5. The highest BCUT2D eigenvalue weighted by atomic mass is 127. The third kappa shape index (κ3) is 9.82. The molecule has 1 saturated carbocycles. The van der Waals surface area contributed by atoms with Crippen LogP contribution in [0.25, 0.3) is 22.0 Å². The van der Waals surface area contributed by atoms with Crippen molar-refractivity contribution in [1.29, 1.82) is 0 Å². The first-order valence-corrected chi connectivity index (χ1v) is 24.9. The molecule has 25 heteroatoms. The Bertz CT molecular complexity index is 3040. The number of rotatable bonds is 11. The summed E-state index contributed by atoms with van der Waals surface area (Å²) in [5, 5.41) is 9.61. The van der Waals surface area contributed by atoms with Crippen LogP contribution in [0.2, 0.25) is 5.02 Å². The van der Waals surface area contributed by atoms with Gasteiger partial charge in [0.1, 0.15) is 29.2 Å². The van der Waals surface area contributed by atoms with Gasteiger partial charge in [0.2, 0.25) is 15.9 Å². The van der Waals surface area contributed by atoms with E-state index in [1.807, 2.05) is 51.2 Å². The highest BCUT2D eigenvalue weighted by molar-refractivity contribution is 14.1. The predicted octanol–water partition coefficient (Wildman–Crippen LogP) is 8.59. The van der Waals surface area contributed by atoms with E-state index in [1.165, 1.54) is 38.1 Å². The molecule has 2 aliphatic rings. The minimum Gasteiger partial charge on any atom is -0.346 e. The van der Waals surface area contributed by atoms with Crippen molar-refractivity contribution in [3.8, 4) is 23.0 Å². The number of amides is 1. The van der Waals surface area contributed by atoms with Crippen LogP contribution in [0.4, 0.5) is 40.9 Å². The van der Waals surface area contributed by atoms with E-state index in [4.69, 9.17) is 16.6 Å². The number of carbonyl (C=O) groups is 1. The van der Waals surface area contributed by atoms with Crippen LogP contribution in [0.3, 0.4) is 0 Å². The van der Waals surface area contributed by atoms with Gasteiger partial charge in [0.25, 0.3) is 5.92 Å². The van der Waals surface area contributed by atoms with Crippen LogP contribution in [-0.2, 0) is 56.3 Å². The van der Waals surface area contributed by atoms with Crippen LogP contribution < -0.4 is 10.0 Å². The molecule has 3 aromatic heterocycles. The molecule has 2 aromatic carbocycles. The SMILES string of the molecule is CC(C)(C#Cc1ccc(-c2ccc(Cl)c3c(NS(C)(=O)=O)nn(CC(F)(F)F)c23)c([C@H](Cc2cc(I)cc(I)c2)NC(=O)Cn2nc(C(F)(F)F)c3c2C(F)(F)[C@@H]2C[C@H]32)n1)S(C)(=O)=O. The lowest BCUT2D eigenvalue weighted by molar-refractivity contribution is -0.142. The van der Waals surface area contributed by atoms with E-state index in [0.29, 0.717) is 14.9 Å². The fraction of sp³-hybridized carbons (Fsp3) is 0.385. The van der Waals surface area contributed by atoms with Gasteiger partial charge < -0.3 is 5.32 Å². The molecule has 3 heterocycles. The molecule has 0 saturated heterocycles. The third-order valence-electron chi connectivity index (χ3n) is 10.6. The molecule has 2 N–H and O–H groups in total. The molecule has 0 bridgehead atoms. The Labute approximate surface area is 392 Å². The lowest BCUT2D eigenvalue weighted by Crippen LogP contribution is -2.35. The summed E-state index contributed by atoms with van der Waals surface area (Å²) in [7, 11) is -7.93. The van der Waals surface area contributed by atoms with Crippen molar-refractivity contribution < 1.29 is 56.8 Å². The number of anilines is 1. The molecule has 1 amide bonds. The molecule has 342 valence electrons. The maximum absolute atomic E-state index is 15.5. The highest BCUT2D eigenvalue weighted by Crippen LogP contribution is 2.68. The highest BCUT2D eigenvalue weighted by Gasteiger charge is 2.68. The summed E-state index contributed by atoms with van der Waals surface area (Å²) in [6.07, 6.45) is -8.67. The zero-order valence-electron chi connectivity index (χ0n) is 33.4. The van der Waals surface area contributed by atoms with Crippen molar-refractivity contribution in [3.05, 3.63) is 88.5 Å². The van der Waals surface area contributed by atoms with Gasteiger partial charge in [-0.3, -0.25) is 18.9 Å². The Morgan fingerprint density at radius 2 is 1.61 bits per heavy atom. The fourth-order valence-electron chi connectivity index (χ4n) is 7.52. The Balaban J connectivity index is 1.45. The summed E-state index contributed by atoms with van der Waals surface area (Å²) < 4.78 is 169. The molecule has 1 fully saturated rings. The second-order valence-corrected chi connectivity index (χ2v) is 23.1. The number of sulfone groups is 1. The second-order valence-electron chi connectivity index (χ2n) is 15.9. The van der Waals surface area contributed by atoms with Crippen LogP contribution in [0, 0.1) is 24.9 Å². The van der Waals surface area contributed by atoms with E-state index in [1.54, 1.807) is 12.1 Å². The largest absolute Gasteiger partial charge is 0.435 e. The number of carbonyl (C=O) groups excluding carboxylic acids is 1. The number of aromatic nitrogens is 5. The number of hydrogen-bond acceptors (Lipinski definition) is 8. The molecule has 2 aliphatic carbocycles. The van der Waals surface area contributed by atoms with Gasteiger partial charge in [0.05, 0.1) is 33.9 Å². The molecule has 0 unspecified atom stereocenters. The number of nitrogens with one attached hydrogen (secondary N) is 2. The number of halogens is 11. The summed E-state index contributed by atoms with van der Waals surface area (Å²) in [6.45, 7) is -0.181. The summed E-state index contributed by atoms with van der Waals surface area (Å²) in [5.41, 5.74) is -3.34. The molecule has 12 nitrogen and oxygen atoms in total. The van der Waals surface area contributed by atoms with Gasteiger partial charge in [-0.1, -0.05) is 23.6 Å². The third-order valence-corrected chi connectivity index (χ3v) is 14.7. The van der Waals surface area contributed by atoms with Gasteiger partial charge in [-0.05, 0) is 126 Å². The van der Waals surface area contributed by atoms with Gasteiger partial charge in [-0.2, -0.15) is 45.3 Å². The first-order chi connectivity index (χ1) is 29.3. The first-order valence-electron chi connectivity index (χ1n) is 18.6. The molecular formula is C39H32ClF8I2N7O5S2. The smallest absolute Gasteiger partial charge is 0.346 e. The molecule has 5 aromatic rings. The molecule has 7 rings (SSSR count). The van der Waals surface area contributed by atoms with Crippen LogP contribution in [0.1, 0.15) is 66.1 Å². The molecule has 3 atom stereocenters. The van der Waals surface area contributed by atoms with Crippen molar-refractivity contribution in [1.82, 2.24) is 29.9 Å². The minimum absolute atomic E-state index is 0.0135. The van der Waals surface area contributed by atoms with Crippen LogP contribution in [0.5, 0.6) is 0 Å². The number of benzene rings is 2. The Hall–Kier alpha value is -3.81. The van der Waals surface area contributed by atoms with Crippen LogP contribution in [0.15, 0.2) is 42.5 Å². The maximum Gasteiger partial charge on any atom is 0.435 e. The van der Waals surface area contributed by atoms with Crippen molar-refractivity contribution in [2.24, 2.45) is 5.92 Å². The number of sulfonamides is 1. The zero-order chi connectivity index (χ0) is 47.3. The Kier molecular flexibility index (Phi) is 12.4. The van der Waals surface area contributed by atoms with Crippen molar-refractivity contribution >= 4 is 99.3 Å². The number of hydrogen-bond donors (Lipinski definition) is 2. The maximum atomic E-state index is 15.5.